The van der Waals surface area contributed by atoms with Crippen LogP contribution in [0.3, 0.4) is 0 Å². The zero-order valence-electron chi connectivity index (χ0n) is 9.92. The number of nitrogens with zero attached hydrogens (tertiary/aromatic N) is 1. The van der Waals surface area contributed by atoms with Crippen LogP contribution >= 0.6 is 0 Å². The molecule has 0 saturated carbocycles. The summed E-state index contributed by atoms with van der Waals surface area (Å²) in [6.07, 6.45) is 0. The van der Waals surface area contributed by atoms with Crippen molar-refractivity contribution in [1.82, 2.24) is 10.2 Å². The van der Waals surface area contributed by atoms with Crippen molar-refractivity contribution >= 4 is 5.91 Å². The van der Waals surface area contributed by atoms with Gasteiger partial charge in [0.1, 0.15) is 0 Å². The van der Waals surface area contributed by atoms with Crippen molar-refractivity contribution in [2.75, 3.05) is 13.1 Å². The Kier molecular flexibility index (Phi) is 3.20. The number of rotatable bonds is 0. The van der Waals surface area contributed by atoms with Gasteiger partial charge in [0, 0.05) is 30.6 Å². The first kappa shape index (κ1) is 11.5. The second-order valence-corrected chi connectivity index (χ2v) is 5.32. The molecule has 0 radical (unpaired) electrons. The third-order valence-corrected chi connectivity index (χ3v) is 2.71. The molecular formula is C11H22N2O. The summed E-state index contributed by atoms with van der Waals surface area (Å²) in [6.45, 7) is 12.0. The van der Waals surface area contributed by atoms with E-state index in [0.29, 0.717) is 12.1 Å². The van der Waals surface area contributed by atoms with Crippen LogP contribution in [0.2, 0.25) is 0 Å². The summed E-state index contributed by atoms with van der Waals surface area (Å²) in [4.78, 5) is 14.2. The highest BCUT2D eigenvalue weighted by Crippen LogP contribution is 2.22. The Morgan fingerprint density at radius 2 is 1.64 bits per heavy atom. The van der Waals surface area contributed by atoms with E-state index in [1.807, 2.05) is 25.7 Å². The van der Waals surface area contributed by atoms with Crippen molar-refractivity contribution in [1.29, 1.82) is 0 Å². The average Bonchev–Trinajstić information content (AvgIpc) is 2.01. The van der Waals surface area contributed by atoms with Crippen LogP contribution in [-0.4, -0.2) is 36.0 Å². The predicted molar refractivity (Wildman–Crippen MR) is 58.1 cm³/mol. The Hall–Kier alpha value is -0.570. The predicted octanol–water partition coefficient (Wildman–Crippen LogP) is 1.24. The van der Waals surface area contributed by atoms with Gasteiger partial charge in [0.2, 0.25) is 5.91 Å². The molecule has 1 saturated heterocycles. The molecule has 3 heteroatoms. The third kappa shape index (κ3) is 2.27. The van der Waals surface area contributed by atoms with E-state index in [1.165, 1.54) is 0 Å². The van der Waals surface area contributed by atoms with Crippen molar-refractivity contribution in [3.8, 4) is 0 Å². The highest BCUT2D eigenvalue weighted by Gasteiger charge is 2.34. The number of carbonyl (C=O) groups excluding carboxylic acids is 1. The first-order valence-corrected chi connectivity index (χ1v) is 5.37. The van der Waals surface area contributed by atoms with Crippen LogP contribution in [0, 0.1) is 5.41 Å². The minimum atomic E-state index is -0.264. The van der Waals surface area contributed by atoms with Gasteiger partial charge in [-0.3, -0.25) is 4.79 Å². The van der Waals surface area contributed by atoms with E-state index in [1.54, 1.807) is 0 Å². The molecule has 1 N–H and O–H groups in total. The molecule has 0 aliphatic carbocycles. The van der Waals surface area contributed by atoms with Crippen molar-refractivity contribution < 1.29 is 4.79 Å². The lowest BCUT2D eigenvalue weighted by Gasteiger charge is -2.42. The van der Waals surface area contributed by atoms with E-state index in [2.05, 4.69) is 19.2 Å². The monoisotopic (exact) mass is 198 g/mol. The van der Waals surface area contributed by atoms with Crippen LogP contribution in [-0.2, 0) is 4.79 Å². The van der Waals surface area contributed by atoms with E-state index in [4.69, 9.17) is 0 Å². The Balaban J connectivity index is 2.78. The molecule has 1 aliphatic heterocycles. The SMILES string of the molecule is CC1CNCC(C)N1C(=O)C(C)(C)C. The van der Waals surface area contributed by atoms with Crippen LogP contribution in [0.15, 0.2) is 0 Å². The lowest BCUT2D eigenvalue weighted by atomic mass is 9.92. The van der Waals surface area contributed by atoms with E-state index < -0.39 is 0 Å². The minimum Gasteiger partial charge on any atom is -0.334 e. The fraction of sp³-hybridized carbons (Fsp3) is 0.909. The standard InChI is InChI=1S/C11H22N2O/c1-8-6-12-7-9(2)13(8)10(14)11(3,4)5/h8-9,12H,6-7H2,1-5H3. The maximum absolute atomic E-state index is 12.1. The van der Waals surface area contributed by atoms with Crippen molar-refractivity contribution in [3.05, 3.63) is 0 Å². The van der Waals surface area contributed by atoms with Gasteiger partial charge in [-0.15, -0.1) is 0 Å². The van der Waals surface area contributed by atoms with Gasteiger partial charge >= 0.3 is 0 Å². The Bertz CT molecular complexity index is 210. The van der Waals surface area contributed by atoms with Gasteiger partial charge in [-0.1, -0.05) is 20.8 Å². The summed E-state index contributed by atoms with van der Waals surface area (Å²) in [5, 5.41) is 3.33. The smallest absolute Gasteiger partial charge is 0.228 e. The molecule has 2 atom stereocenters. The lowest BCUT2D eigenvalue weighted by Crippen LogP contribution is -2.59. The summed E-state index contributed by atoms with van der Waals surface area (Å²) in [6, 6.07) is 0.621. The van der Waals surface area contributed by atoms with E-state index >= 15 is 0 Å². The number of hydrogen-bond acceptors (Lipinski definition) is 2. The molecule has 14 heavy (non-hydrogen) atoms. The summed E-state index contributed by atoms with van der Waals surface area (Å²) >= 11 is 0. The quantitative estimate of drug-likeness (QED) is 0.635. The number of carbonyl (C=O) groups is 1. The molecule has 2 unspecified atom stereocenters. The molecular weight excluding hydrogens is 176 g/mol. The molecule has 0 aromatic carbocycles. The maximum atomic E-state index is 12.1. The largest absolute Gasteiger partial charge is 0.334 e. The van der Waals surface area contributed by atoms with Crippen LogP contribution in [0.5, 0.6) is 0 Å². The summed E-state index contributed by atoms with van der Waals surface area (Å²) < 4.78 is 0. The summed E-state index contributed by atoms with van der Waals surface area (Å²) in [5.41, 5.74) is -0.264. The van der Waals surface area contributed by atoms with Gasteiger partial charge in [0.25, 0.3) is 0 Å². The van der Waals surface area contributed by atoms with Crippen LogP contribution < -0.4 is 5.32 Å². The third-order valence-electron chi connectivity index (χ3n) is 2.71. The van der Waals surface area contributed by atoms with Gasteiger partial charge in [0.15, 0.2) is 0 Å². The van der Waals surface area contributed by atoms with Crippen molar-refractivity contribution in [3.63, 3.8) is 0 Å². The van der Waals surface area contributed by atoms with Crippen molar-refractivity contribution in [2.24, 2.45) is 5.41 Å². The normalized spacial score (nSPS) is 29.1. The molecule has 1 amide bonds. The van der Waals surface area contributed by atoms with Crippen LogP contribution in [0.1, 0.15) is 34.6 Å². The fourth-order valence-corrected chi connectivity index (χ4v) is 1.92. The molecule has 1 rings (SSSR count). The van der Waals surface area contributed by atoms with E-state index in [0.717, 1.165) is 13.1 Å². The van der Waals surface area contributed by atoms with Gasteiger partial charge in [0.05, 0.1) is 0 Å². The Labute approximate surface area is 86.9 Å². The molecule has 3 nitrogen and oxygen atoms in total. The fourth-order valence-electron chi connectivity index (χ4n) is 1.92. The highest BCUT2D eigenvalue weighted by molar-refractivity contribution is 5.82. The maximum Gasteiger partial charge on any atom is 0.228 e. The molecule has 0 aromatic rings. The van der Waals surface area contributed by atoms with Crippen molar-refractivity contribution in [2.45, 2.75) is 46.7 Å². The van der Waals surface area contributed by atoms with Gasteiger partial charge in [-0.2, -0.15) is 0 Å². The number of amides is 1. The Morgan fingerprint density at radius 1 is 1.21 bits per heavy atom. The van der Waals surface area contributed by atoms with Gasteiger partial charge in [-0.25, -0.2) is 0 Å². The minimum absolute atomic E-state index is 0.263. The molecule has 1 heterocycles. The summed E-state index contributed by atoms with van der Waals surface area (Å²) in [5.74, 6) is 0.263. The molecule has 0 bridgehead atoms. The summed E-state index contributed by atoms with van der Waals surface area (Å²) in [7, 11) is 0. The van der Waals surface area contributed by atoms with Crippen LogP contribution in [0.4, 0.5) is 0 Å². The number of hydrogen-bond donors (Lipinski definition) is 1. The van der Waals surface area contributed by atoms with Crippen LogP contribution in [0.25, 0.3) is 0 Å². The first-order valence-electron chi connectivity index (χ1n) is 5.37. The topological polar surface area (TPSA) is 32.3 Å². The van der Waals surface area contributed by atoms with E-state index in [9.17, 15) is 4.79 Å². The second-order valence-electron chi connectivity index (χ2n) is 5.32. The second kappa shape index (κ2) is 3.89. The molecule has 82 valence electrons. The van der Waals surface area contributed by atoms with Gasteiger partial charge in [-0.05, 0) is 13.8 Å². The average molecular weight is 198 g/mol. The Morgan fingerprint density at radius 3 is 2.00 bits per heavy atom. The van der Waals surface area contributed by atoms with E-state index in [-0.39, 0.29) is 11.3 Å². The zero-order valence-corrected chi connectivity index (χ0v) is 9.92. The molecule has 1 fully saturated rings. The zero-order chi connectivity index (χ0) is 10.9. The molecule has 1 aliphatic rings. The first-order chi connectivity index (χ1) is 6.34. The number of piperazine rings is 1. The lowest BCUT2D eigenvalue weighted by molar-refractivity contribution is -0.145. The molecule has 0 spiro atoms. The highest BCUT2D eigenvalue weighted by atomic mass is 16.2. The molecule has 0 aromatic heterocycles. The van der Waals surface area contributed by atoms with Gasteiger partial charge < -0.3 is 10.2 Å². The number of nitrogens with one attached hydrogen (secondary N) is 1.